The normalized spacial score (nSPS) is 13.8. The standard InChI is InChI=1S/C18H28O2/c1-6-8-14-19-18(5,13-7-2)20-17-11-9-16(10-12-17)15(3)4/h9-12H,3,6-8,13-14H2,1-2,4-5H3. The molecule has 0 aliphatic heterocycles. The number of hydrogen-bond donors (Lipinski definition) is 0. The van der Waals surface area contributed by atoms with Crippen molar-refractivity contribution < 1.29 is 9.47 Å². The van der Waals surface area contributed by atoms with Gasteiger partial charge in [-0.15, -0.1) is 0 Å². The molecule has 0 spiro atoms. The first-order valence-electron chi connectivity index (χ1n) is 7.59. The smallest absolute Gasteiger partial charge is 0.207 e. The van der Waals surface area contributed by atoms with Crippen LogP contribution in [0.1, 0.15) is 58.9 Å². The Balaban J connectivity index is 2.70. The average molecular weight is 276 g/mol. The number of unbranched alkanes of at least 4 members (excludes halogenated alkanes) is 1. The van der Waals surface area contributed by atoms with Crippen molar-refractivity contribution in [3.63, 3.8) is 0 Å². The molecule has 1 atom stereocenters. The third kappa shape index (κ3) is 5.38. The van der Waals surface area contributed by atoms with Crippen LogP contribution in [0, 0.1) is 0 Å². The lowest BCUT2D eigenvalue weighted by Gasteiger charge is -2.30. The summed E-state index contributed by atoms with van der Waals surface area (Å²) < 4.78 is 12.0. The molecular weight excluding hydrogens is 248 g/mol. The zero-order valence-corrected chi connectivity index (χ0v) is 13.4. The van der Waals surface area contributed by atoms with E-state index in [9.17, 15) is 0 Å². The minimum absolute atomic E-state index is 0.533. The van der Waals surface area contributed by atoms with E-state index in [1.54, 1.807) is 0 Å². The first-order chi connectivity index (χ1) is 9.50. The molecule has 0 aliphatic carbocycles. The van der Waals surface area contributed by atoms with E-state index >= 15 is 0 Å². The molecule has 0 fully saturated rings. The van der Waals surface area contributed by atoms with Gasteiger partial charge in [0.15, 0.2) is 0 Å². The Labute approximate surface area is 123 Å². The van der Waals surface area contributed by atoms with E-state index in [-0.39, 0.29) is 0 Å². The van der Waals surface area contributed by atoms with Gasteiger partial charge in [-0.05, 0) is 37.5 Å². The van der Waals surface area contributed by atoms with Crippen molar-refractivity contribution >= 4 is 5.57 Å². The minimum atomic E-state index is -0.533. The van der Waals surface area contributed by atoms with E-state index in [0.29, 0.717) is 0 Å². The summed E-state index contributed by atoms with van der Waals surface area (Å²) in [4.78, 5) is 0. The van der Waals surface area contributed by atoms with Crippen LogP contribution < -0.4 is 4.74 Å². The minimum Gasteiger partial charge on any atom is -0.463 e. The quantitative estimate of drug-likeness (QED) is 0.442. The number of allylic oxidation sites excluding steroid dienone is 1. The van der Waals surface area contributed by atoms with Crippen molar-refractivity contribution in [3.05, 3.63) is 36.4 Å². The zero-order chi connectivity index (χ0) is 15.0. The van der Waals surface area contributed by atoms with E-state index in [1.807, 2.05) is 38.1 Å². The zero-order valence-electron chi connectivity index (χ0n) is 13.4. The highest BCUT2D eigenvalue weighted by molar-refractivity contribution is 5.61. The van der Waals surface area contributed by atoms with E-state index in [4.69, 9.17) is 9.47 Å². The fraction of sp³-hybridized carbons (Fsp3) is 0.556. The summed E-state index contributed by atoms with van der Waals surface area (Å²) in [5.74, 6) is 0.316. The molecule has 0 aliphatic rings. The second-order valence-electron chi connectivity index (χ2n) is 5.49. The van der Waals surface area contributed by atoms with E-state index in [1.165, 1.54) is 0 Å². The first-order valence-corrected chi connectivity index (χ1v) is 7.59. The molecule has 0 N–H and O–H groups in total. The first kappa shape index (κ1) is 16.8. The van der Waals surface area contributed by atoms with Crippen LogP contribution >= 0.6 is 0 Å². The Kier molecular flexibility index (Phi) is 6.80. The van der Waals surface area contributed by atoms with Crippen LogP contribution in [0.2, 0.25) is 0 Å². The average Bonchev–Trinajstić information content (AvgIpc) is 2.39. The molecule has 0 amide bonds. The van der Waals surface area contributed by atoms with Gasteiger partial charge in [-0.2, -0.15) is 0 Å². The second kappa shape index (κ2) is 8.11. The third-order valence-corrected chi connectivity index (χ3v) is 3.29. The molecule has 20 heavy (non-hydrogen) atoms. The molecule has 0 aromatic heterocycles. The van der Waals surface area contributed by atoms with Crippen molar-refractivity contribution in [3.8, 4) is 5.75 Å². The topological polar surface area (TPSA) is 18.5 Å². The molecule has 2 heteroatoms. The van der Waals surface area contributed by atoms with Crippen molar-refractivity contribution in [2.24, 2.45) is 0 Å². The van der Waals surface area contributed by atoms with Gasteiger partial charge in [0.05, 0.1) is 6.61 Å². The SMILES string of the molecule is C=C(C)c1ccc(OC(C)(CCC)OCCCC)cc1. The second-order valence-corrected chi connectivity index (χ2v) is 5.49. The van der Waals surface area contributed by atoms with E-state index in [0.717, 1.165) is 49.2 Å². The van der Waals surface area contributed by atoms with Gasteiger partial charge >= 0.3 is 0 Å². The fourth-order valence-corrected chi connectivity index (χ4v) is 2.10. The Bertz CT molecular complexity index is 408. The summed E-state index contributed by atoms with van der Waals surface area (Å²) in [5, 5.41) is 0. The maximum Gasteiger partial charge on any atom is 0.207 e. The van der Waals surface area contributed by atoms with Gasteiger partial charge in [-0.1, -0.05) is 44.6 Å². The molecule has 1 unspecified atom stereocenters. The lowest BCUT2D eigenvalue weighted by atomic mass is 10.1. The molecular formula is C18H28O2. The van der Waals surface area contributed by atoms with Crippen LogP contribution in [0.3, 0.4) is 0 Å². The van der Waals surface area contributed by atoms with Gasteiger partial charge in [0.2, 0.25) is 5.79 Å². The summed E-state index contributed by atoms with van der Waals surface area (Å²) in [6.45, 7) is 13.0. The molecule has 0 saturated heterocycles. The monoisotopic (exact) mass is 276 g/mol. The summed E-state index contributed by atoms with van der Waals surface area (Å²) in [7, 11) is 0. The fourth-order valence-electron chi connectivity index (χ4n) is 2.10. The molecule has 0 bridgehead atoms. The predicted octanol–water partition coefficient (Wildman–Crippen LogP) is 5.43. The summed E-state index contributed by atoms with van der Waals surface area (Å²) in [6.07, 6.45) is 4.12. The van der Waals surface area contributed by atoms with Gasteiger partial charge in [0, 0.05) is 13.3 Å². The molecule has 1 aromatic carbocycles. The molecule has 112 valence electrons. The number of ether oxygens (including phenoxy) is 2. The van der Waals surface area contributed by atoms with Crippen LogP contribution in [0.4, 0.5) is 0 Å². The van der Waals surface area contributed by atoms with Crippen LogP contribution in [0.25, 0.3) is 5.57 Å². The summed E-state index contributed by atoms with van der Waals surface area (Å²) >= 11 is 0. The Morgan fingerprint density at radius 2 is 1.80 bits per heavy atom. The highest BCUT2D eigenvalue weighted by atomic mass is 16.7. The summed E-state index contributed by atoms with van der Waals surface area (Å²) in [6, 6.07) is 8.05. The van der Waals surface area contributed by atoms with Crippen molar-refractivity contribution in [2.75, 3.05) is 6.61 Å². The molecule has 1 rings (SSSR count). The Hall–Kier alpha value is -1.28. The lowest BCUT2D eigenvalue weighted by Crippen LogP contribution is -2.36. The number of rotatable bonds is 9. The summed E-state index contributed by atoms with van der Waals surface area (Å²) in [5.41, 5.74) is 2.20. The van der Waals surface area contributed by atoms with Gasteiger partial charge in [-0.25, -0.2) is 0 Å². The molecule has 2 nitrogen and oxygen atoms in total. The molecule has 0 radical (unpaired) electrons. The lowest BCUT2D eigenvalue weighted by molar-refractivity contribution is -0.175. The predicted molar refractivity (Wildman–Crippen MR) is 86.0 cm³/mol. The van der Waals surface area contributed by atoms with Crippen LogP contribution in [-0.2, 0) is 4.74 Å². The van der Waals surface area contributed by atoms with E-state index < -0.39 is 5.79 Å². The highest BCUT2D eigenvalue weighted by Crippen LogP contribution is 2.25. The number of hydrogen-bond acceptors (Lipinski definition) is 2. The van der Waals surface area contributed by atoms with Gasteiger partial charge in [0.25, 0.3) is 0 Å². The maximum absolute atomic E-state index is 6.07. The molecule has 0 saturated carbocycles. The Morgan fingerprint density at radius 1 is 1.15 bits per heavy atom. The molecule has 1 aromatic rings. The van der Waals surface area contributed by atoms with Gasteiger partial charge < -0.3 is 9.47 Å². The van der Waals surface area contributed by atoms with Gasteiger partial charge in [0.1, 0.15) is 5.75 Å². The highest BCUT2D eigenvalue weighted by Gasteiger charge is 2.26. The van der Waals surface area contributed by atoms with Crippen LogP contribution in [0.5, 0.6) is 5.75 Å². The van der Waals surface area contributed by atoms with Crippen molar-refractivity contribution in [1.29, 1.82) is 0 Å². The third-order valence-electron chi connectivity index (χ3n) is 3.29. The molecule has 0 heterocycles. The van der Waals surface area contributed by atoms with Gasteiger partial charge in [-0.3, -0.25) is 0 Å². The van der Waals surface area contributed by atoms with Crippen molar-refractivity contribution in [2.45, 2.75) is 59.2 Å². The van der Waals surface area contributed by atoms with Crippen LogP contribution in [0.15, 0.2) is 30.8 Å². The number of benzene rings is 1. The largest absolute Gasteiger partial charge is 0.463 e. The van der Waals surface area contributed by atoms with Crippen molar-refractivity contribution in [1.82, 2.24) is 0 Å². The van der Waals surface area contributed by atoms with Crippen LogP contribution in [-0.4, -0.2) is 12.4 Å². The Morgan fingerprint density at radius 3 is 2.30 bits per heavy atom. The maximum atomic E-state index is 6.07. The van der Waals surface area contributed by atoms with E-state index in [2.05, 4.69) is 20.4 Å².